The molecule has 0 fully saturated rings. The van der Waals surface area contributed by atoms with Crippen LogP contribution in [0.3, 0.4) is 0 Å². The van der Waals surface area contributed by atoms with Crippen LogP contribution < -0.4 is 4.31 Å². The number of aryl methyl sites for hydroxylation is 1. The Morgan fingerprint density at radius 3 is 2.73 bits per heavy atom. The van der Waals surface area contributed by atoms with Crippen molar-refractivity contribution >= 4 is 15.7 Å². The molecule has 1 unspecified atom stereocenters. The van der Waals surface area contributed by atoms with Crippen molar-refractivity contribution in [3.63, 3.8) is 0 Å². The second kappa shape index (κ2) is 6.25. The van der Waals surface area contributed by atoms with Crippen molar-refractivity contribution in [1.82, 2.24) is 9.55 Å². The number of aromatic nitrogens is 2. The normalized spacial score (nSPS) is 17.2. The van der Waals surface area contributed by atoms with E-state index >= 15 is 0 Å². The van der Waals surface area contributed by atoms with Crippen LogP contribution in [0.2, 0.25) is 0 Å². The topological polar surface area (TPSA) is 55.2 Å². The molecule has 0 aliphatic carbocycles. The van der Waals surface area contributed by atoms with E-state index in [4.69, 9.17) is 0 Å². The third-order valence-electron chi connectivity index (χ3n) is 4.64. The smallest absolute Gasteiger partial charge is 0.264 e. The molecular weight excluding hydrogens is 353 g/mol. The van der Waals surface area contributed by atoms with E-state index in [0.717, 1.165) is 11.6 Å². The number of hydrogen-bond acceptors (Lipinski definition) is 3. The first-order valence-electron chi connectivity index (χ1n) is 8.30. The van der Waals surface area contributed by atoms with Crippen LogP contribution in [0, 0.1) is 12.7 Å². The number of para-hydroxylation sites is 1. The van der Waals surface area contributed by atoms with Gasteiger partial charge in [0.2, 0.25) is 0 Å². The van der Waals surface area contributed by atoms with Gasteiger partial charge in [-0.3, -0.25) is 4.31 Å². The third kappa shape index (κ3) is 2.88. The molecule has 1 atom stereocenters. The largest absolute Gasteiger partial charge is 0.332 e. The number of imidazole rings is 1. The Balaban J connectivity index is 1.83. The first kappa shape index (κ1) is 16.8. The summed E-state index contributed by atoms with van der Waals surface area (Å²) in [5, 5.41) is 0. The van der Waals surface area contributed by atoms with Gasteiger partial charge in [-0.25, -0.2) is 17.8 Å². The Morgan fingerprint density at radius 1 is 1.19 bits per heavy atom. The summed E-state index contributed by atoms with van der Waals surface area (Å²) in [6.07, 6.45) is 5.90. The van der Waals surface area contributed by atoms with Crippen molar-refractivity contribution in [2.75, 3.05) is 10.8 Å². The van der Waals surface area contributed by atoms with E-state index in [9.17, 15) is 12.8 Å². The van der Waals surface area contributed by atoms with Gasteiger partial charge in [-0.05, 0) is 48.7 Å². The molecular formula is C19H18FN3O2S. The molecule has 26 heavy (non-hydrogen) atoms. The Labute approximate surface area is 151 Å². The van der Waals surface area contributed by atoms with E-state index in [-0.39, 0.29) is 17.5 Å². The predicted octanol–water partition coefficient (Wildman–Crippen LogP) is 3.32. The molecule has 1 aliphatic rings. The molecule has 134 valence electrons. The summed E-state index contributed by atoms with van der Waals surface area (Å²) in [5.74, 6) is -0.556. The maximum absolute atomic E-state index is 13.8. The minimum atomic E-state index is -3.88. The van der Waals surface area contributed by atoms with Gasteiger partial charge in [-0.2, -0.15) is 0 Å². The molecule has 1 aliphatic heterocycles. The predicted molar refractivity (Wildman–Crippen MR) is 97.1 cm³/mol. The number of rotatable bonds is 3. The minimum absolute atomic E-state index is 0.0314. The lowest BCUT2D eigenvalue weighted by Gasteiger charge is -2.35. The number of halogens is 1. The van der Waals surface area contributed by atoms with E-state index in [0.29, 0.717) is 17.7 Å². The molecule has 4 rings (SSSR count). The van der Waals surface area contributed by atoms with E-state index in [1.807, 2.05) is 29.0 Å². The van der Waals surface area contributed by atoms with Crippen molar-refractivity contribution < 1.29 is 12.8 Å². The fourth-order valence-electron chi connectivity index (χ4n) is 3.43. The molecule has 0 saturated heterocycles. The number of sulfonamides is 1. The lowest BCUT2D eigenvalue weighted by molar-refractivity contribution is 0.487. The lowest BCUT2D eigenvalue weighted by atomic mass is 10.00. The van der Waals surface area contributed by atoms with Crippen LogP contribution in [-0.4, -0.2) is 24.5 Å². The number of benzene rings is 2. The van der Waals surface area contributed by atoms with Crippen molar-refractivity contribution in [3.05, 3.63) is 78.1 Å². The highest BCUT2D eigenvalue weighted by atomic mass is 32.2. The fourth-order valence-corrected chi connectivity index (χ4v) is 5.08. The Hall–Kier alpha value is -2.67. The maximum atomic E-state index is 13.8. The van der Waals surface area contributed by atoms with Crippen molar-refractivity contribution in [2.45, 2.75) is 24.3 Å². The van der Waals surface area contributed by atoms with E-state index in [2.05, 4.69) is 4.98 Å². The van der Waals surface area contributed by atoms with Gasteiger partial charge in [0.1, 0.15) is 5.82 Å². The zero-order valence-electron chi connectivity index (χ0n) is 14.2. The van der Waals surface area contributed by atoms with Gasteiger partial charge < -0.3 is 4.57 Å². The first-order valence-corrected chi connectivity index (χ1v) is 9.74. The summed E-state index contributed by atoms with van der Waals surface area (Å²) >= 11 is 0. The quantitative estimate of drug-likeness (QED) is 0.710. The van der Waals surface area contributed by atoms with Crippen LogP contribution in [0.5, 0.6) is 0 Å². The molecule has 5 nitrogen and oxygen atoms in total. The highest BCUT2D eigenvalue weighted by Gasteiger charge is 2.34. The summed E-state index contributed by atoms with van der Waals surface area (Å²) in [5.41, 5.74) is 2.15. The molecule has 0 saturated carbocycles. The molecule has 0 spiro atoms. The third-order valence-corrected chi connectivity index (χ3v) is 6.40. The molecule has 0 amide bonds. The monoisotopic (exact) mass is 371 g/mol. The van der Waals surface area contributed by atoms with Crippen LogP contribution in [0.15, 0.2) is 66.1 Å². The summed E-state index contributed by atoms with van der Waals surface area (Å²) in [4.78, 5) is 4.04. The fraction of sp³-hybridized carbons (Fsp3) is 0.211. The van der Waals surface area contributed by atoms with E-state index < -0.39 is 15.8 Å². The summed E-state index contributed by atoms with van der Waals surface area (Å²) < 4.78 is 43.7. The summed E-state index contributed by atoms with van der Waals surface area (Å²) in [6.45, 7) is 1.95. The molecule has 0 bridgehead atoms. The van der Waals surface area contributed by atoms with Gasteiger partial charge in [0.15, 0.2) is 0 Å². The number of nitrogens with zero attached hydrogens (tertiary/aromatic N) is 3. The number of hydrogen-bond donors (Lipinski definition) is 0. The standard InChI is InChI=1S/C19H18FN3O2S/c1-14-8-16(20)11-18(9-14)26(24,25)23-12-17(22-7-6-21-13-22)10-15-4-2-3-5-19(15)23/h2-9,11,13,17H,10,12H2,1H3. The van der Waals surface area contributed by atoms with Gasteiger partial charge in [0, 0.05) is 12.4 Å². The second-order valence-corrected chi connectivity index (χ2v) is 8.36. The highest BCUT2D eigenvalue weighted by molar-refractivity contribution is 7.92. The van der Waals surface area contributed by atoms with Crippen molar-refractivity contribution in [3.8, 4) is 0 Å². The van der Waals surface area contributed by atoms with Gasteiger partial charge >= 0.3 is 0 Å². The Bertz CT molecular complexity index is 1030. The minimum Gasteiger partial charge on any atom is -0.332 e. The SMILES string of the molecule is Cc1cc(F)cc(S(=O)(=O)N2CC(n3ccnc3)Cc3ccccc32)c1. The number of fused-ring (bicyclic) bond motifs is 1. The molecule has 0 radical (unpaired) electrons. The van der Waals surface area contributed by atoms with Crippen molar-refractivity contribution in [1.29, 1.82) is 0 Å². The lowest BCUT2D eigenvalue weighted by Crippen LogP contribution is -2.40. The maximum Gasteiger partial charge on any atom is 0.264 e. The molecule has 1 aromatic heterocycles. The molecule has 3 aromatic rings. The second-order valence-electron chi connectivity index (χ2n) is 6.50. The molecule has 0 N–H and O–H groups in total. The van der Waals surface area contributed by atoms with Gasteiger partial charge in [0.25, 0.3) is 10.0 Å². The average molecular weight is 371 g/mol. The van der Waals surface area contributed by atoms with Crippen LogP contribution in [0.4, 0.5) is 10.1 Å². The summed E-state index contributed by atoms with van der Waals surface area (Å²) in [7, 11) is -3.88. The molecule has 7 heteroatoms. The number of anilines is 1. The Morgan fingerprint density at radius 2 is 2.00 bits per heavy atom. The van der Waals surface area contributed by atoms with E-state index in [1.54, 1.807) is 25.5 Å². The van der Waals surface area contributed by atoms with Gasteiger partial charge in [-0.1, -0.05) is 18.2 Å². The van der Waals surface area contributed by atoms with Crippen LogP contribution in [-0.2, 0) is 16.4 Å². The van der Waals surface area contributed by atoms with Crippen molar-refractivity contribution in [2.24, 2.45) is 0 Å². The zero-order chi connectivity index (χ0) is 18.3. The average Bonchev–Trinajstić information content (AvgIpc) is 3.14. The highest BCUT2D eigenvalue weighted by Crippen LogP contribution is 2.35. The van der Waals surface area contributed by atoms with Crippen LogP contribution >= 0.6 is 0 Å². The summed E-state index contributed by atoms with van der Waals surface area (Å²) in [6, 6.07) is 11.3. The zero-order valence-corrected chi connectivity index (χ0v) is 15.0. The molecule has 2 heterocycles. The van der Waals surface area contributed by atoms with Crippen LogP contribution in [0.1, 0.15) is 17.2 Å². The Kier molecular flexibility index (Phi) is 4.03. The van der Waals surface area contributed by atoms with Gasteiger partial charge in [-0.15, -0.1) is 0 Å². The van der Waals surface area contributed by atoms with Gasteiger partial charge in [0.05, 0.1) is 29.5 Å². The molecule has 2 aromatic carbocycles. The van der Waals surface area contributed by atoms with Crippen LogP contribution in [0.25, 0.3) is 0 Å². The first-order chi connectivity index (χ1) is 12.4. The van der Waals surface area contributed by atoms with E-state index in [1.165, 1.54) is 16.4 Å².